The maximum atomic E-state index is 13.6. The van der Waals surface area contributed by atoms with Gasteiger partial charge in [0.2, 0.25) is 0 Å². The molecule has 2 aromatic rings. The molecule has 2 aromatic carbocycles. The number of hydrogen-bond acceptors (Lipinski definition) is 1. The number of rotatable bonds is 3. The Balaban J connectivity index is 2.08. The molecular formula is C16H14F4N2O. The van der Waals surface area contributed by atoms with Crippen molar-refractivity contribution in [3.8, 4) is 0 Å². The molecule has 2 amide bonds. The fourth-order valence-corrected chi connectivity index (χ4v) is 1.98. The van der Waals surface area contributed by atoms with Gasteiger partial charge in [-0.15, -0.1) is 0 Å². The van der Waals surface area contributed by atoms with Crippen LogP contribution in [0.4, 0.5) is 28.0 Å². The first-order valence-corrected chi connectivity index (χ1v) is 6.76. The summed E-state index contributed by atoms with van der Waals surface area (Å²) in [6.07, 6.45) is -4.61. The van der Waals surface area contributed by atoms with Crippen molar-refractivity contribution < 1.29 is 22.4 Å². The van der Waals surface area contributed by atoms with E-state index in [4.69, 9.17) is 0 Å². The number of benzene rings is 2. The highest BCUT2D eigenvalue weighted by Crippen LogP contribution is 2.31. The fraction of sp³-hybridized carbons (Fsp3) is 0.188. The predicted octanol–water partition coefficient (Wildman–Crippen LogP) is 4.73. The number of alkyl halides is 3. The van der Waals surface area contributed by atoms with E-state index in [2.05, 4.69) is 10.6 Å². The highest BCUT2D eigenvalue weighted by atomic mass is 19.4. The molecule has 0 aliphatic rings. The van der Waals surface area contributed by atoms with Gasteiger partial charge in [0, 0.05) is 0 Å². The lowest BCUT2D eigenvalue weighted by Gasteiger charge is -2.16. The topological polar surface area (TPSA) is 41.1 Å². The van der Waals surface area contributed by atoms with Crippen LogP contribution in [0.3, 0.4) is 0 Å². The quantitative estimate of drug-likeness (QED) is 0.787. The average Bonchev–Trinajstić information content (AvgIpc) is 2.49. The number of carbonyl (C=O) groups excluding carboxylic acids is 1. The third-order valence-corrected chi connectivity index (χ3v) is 3.19. The minimum absolute atomic E-state index is 0.384. The molecule has 7 heteroatoms. The largest absolute Gasteiger partial charge is 0.416 e. The highest BCUT2D eigenvalue weighted by Gasteiger charge is 2.31. The second-order valence-electron chi connectivity index (χ2n) is 4.92. The van der Waals surface area contributed by atoms with E-state index in [9.17, 15) is 22.4 Å². The number of nitrogens with one attached hydrogen (secondary N) is 2. The summed E-state index contributed by atoms with van der Waals surface area (Å²) < 4.78 is 51.4. The van der Waals surface area contributed by atoms with Crippen molar-refractivity contribution in [2.24, 2.45) is 0 Å². The number of anilines is 1. The van der Waals surface area contributed by atoms with Gasteiger partial charge in [0.1, 0.15) is 5.82 Å². The molecule has 0 fully saturated rings. The van der Waals surface area contributed by atoms with Gasteiger partial charge in [-0.05, 0) is 30.7 Å². The van der Waals surface area contributed by atoms with Gasteiger partial charge in [0.05, 0.1) is 17.3 Å². The molecule has 0 heterocycles. The zero-order chi connectivity index (χ0) is 17.0. The van der Waals surface area contributed by atoms with Gasteiger partial charge >= 0.3 is 12.2 Å². The maximum Gasteiger partial charge on any atom is 0.416 e. The molecule has 0 aliphatic heterocycles. The first kappa shape index (κ1) is 16.8. The van der Waals surface area contributed by atoms with E-state index in [1.807, 2.05) is 6.07 Å². The van der Waals surface area contributed by atoms with Crippen molar-refractivity contribution in [1.82, 2.24) is 5.32 Å². The molecule has 3 nitrogen and oxygen atoms in total. The summed E-state index contributed by atoms with van der Waals surface area (Å²) in [5.41, 5.74) is -0.755. The summed E-state index contributed by atoms with van der Waals surface area (Å²) in [4.78, 5) is 11.8. The van der Waals surface area contributed by atoms with Crippen molar-refractivity contribution in [1.29, 1.82) is 0 Å². The maximum absolute atomic E-state index is 13.6. The lowest BCUT2D eigenvalue weighted by Crippen LogP contribution is -2.31. The molecule has 1 atom stereocenters. The van der Waals surface area contributed by atoms with E-state index in [1.54, 1.807) is 31.2 Å². The molecule has 0 bridgehead atoms. The van der Waals surface area contributed by atoms with Crippen LogP contribution in [0.5, 0.6) is 0 Å². The van der Waals surface area contributed by atoms with Gasteiger partial charge in [-0.25, -0.2) is 9.18 Å². The average molecular weight is 326 g/mol. The Morgan fingerprint density at radius 2 is 1.74 bits per heavy atom. The second kappa shape index (κ2) is 6.68. The lowest BCUT2D eigenvalue weighted by atomic mass is 10.1. The minimum atomic E-state index is -4.61. The molecule has 0 radical (unpaired) electrons. The number of urea groups is 1. The molecule has 0 aromatic heterocycles. The molecule has 2 N–H and O–H groups in total. The van der Waals surface area contributed by atoms with E-state index in [-0.39, 0.29) is 6.04 Å². The van der Waals surface area contributed by atoms with Gasteiger partial charge < -0.3 is 10.6 Å². The van der Waals surface area contributed by atoms with Crippen molar-refractivity contribution in [3.63, 3.8) is 0 Å². The molecule has 2 rings (SSSR count). The molecule has 0 saturated carbocycles. The third-order valence-electron chi connectivity index (χ3n) is 3.19. The van der Waals surface area contributed by atoms with E-state index >= 15 is 0 Å². The zero-order valence-electron chi connectivity index (χ0n) is 12.1. The fourth-order valence-electron chi connectivity index (χ4n) is 1.98. The Labute approximate surface area is 130 Å². The first-order valence-electron chi connectivity index (χ1n) is 6.76. The predicted molar refractivity (Wildman–Crippen MR) is 78.4 cm³/mol. The number of amides is 2. The van der Waals surface area contributed by atoms with Crippen LogP contribution in [-0.4, -0.2) is 6.03 Å². The van der Waals surface area contributed by atoms with Crippen LogP contribution in [0.15, 0.2) is 48.5 Å². The monoisotopic (exact) mass is 326 g/mol. The lowest BCUT2D eigenvalue weighted by molar-refractivity contribution is -0.137. The first-order chi connectivity index (χ1) is 10.8. The zero-order valence-corrected chi connectivity index (χ0v) is 12.1. The Bertz CT molecular complexity index is 686. The van der Waals surface area contributed by atoms with Crippen LogP contribution in [-0.2, 0) is 6.18 Å². The number of carbonyl (C=O) groups is 1. The van der Waals surface area contributed by atoms with Gasteiger partial charge in [0.25, 0.3) is 0 Å². The Kier molecular flexibility index (Phi) is 4.88. The van der Waals surface area contributed by atoms with Crippen LogP contribution in [0, 0.1) is 5.82 Å². The minimum Gasteiger partial charge on any atom is -0.331 e. The number of hydrogen-bond donors (Lipinski definition) is 2. The van der Waals surface area contributed by atoms with Gasteiger partial charge in [0.15, 0.2) is 0 Å². The van der Waals surface area contributed by atoms with Crippen LogP contribution >= 0.6 is 0 Å². The highest BCUT2D eigenvalue weighted by molar-refractivity contribution is 5.89. The van der Waals surface area contributed by atoms with E-state index in [1.165, 1.54) is 0 Å². The Morgan fingerprint density at radius 1 is 1.09 bits per heavy atom. The SMILES string of the molecule is C[C@H](NC(=O)Nc1cc(C(F)(F)F)ccc1F)c1ccccc1. The van der Waals surface area contributed by atoms with Gasteiger partial charge in [-0.1, -0.05) is 30.3 Å². The van der Waals surface area contributed by atoms with E-state index in [0.717, 1.165) is 5.56 Å². The molecule has 0 spiro atoms. The van der Waals surface area contributed by atoms with Crippen molar-refractivity contribution in [3.05, 3.63) is 65.5 Å². The van der Waals surface area contributed by atoms with Crippen molar-refractivity contribution in [2.75, 3.05) is 5.32 Å². The normalized spacial score (nSPS) is 12.6. The number of halogens is 4. The van der Waals surface area contributed by atoms with Crippen LogP contribution in [0.25, 0.3) is 0 Å². The standard InChI is InChI=1S/C16H14F4N2O/c1-10(11-5-3-2-4-6-11)21-15(23)22-14-9-12(16(18,19)20)7-8-13(14)17/h2-10H,1H3,(H2,21,22,23)/t10-/m0/s1. The molecule has 23 heavy (non-hydrogen) atoms. The summed E-state index contributed by atoms with van der Waals surface area (Å²) in [6.45, 7) is 1.71. The van der Waals surface area contributed by atoms with E-state index < -0.39 is 29.3 Å². The molecule has 0 unspecified atom stereocenters. The Morgan fingerprint density at radius 3 is 2.35 bits per heavy atom. The summed E-state index contributed by atoms with van der Waals surface area (Å²) in [5.74, 6) is -0.944. The smallest absolute Gasteiger partial charge is 0.331 e. The van der Waals surface area contributed by atoms with E-state index in [0.29, 0.717) is 18.2 Å². The van der Waals surface area contributed by atoms with Crippen molar-refractivity contribution >= 4 is 11.7 Å². The van der Waals surface area contributed by atoms with Crippen LogP contribution in [0.1, 0.15) is 24.1 Å². The van der Waals surface area contributed by atoms with Gasteiger partial charge in [-0.2, -0.15) is 13.2 Å². The summed E-state index contributed by atoms with van der Waals surface area (Å²) in [5, 5.41) is 4.63. The molecule has 0 aliphatic carbocycles. The molecule has 0 saturated heterocycles. The second-order valence-corrected chi connectivity index (χ2v) is 4.92. The third kappa shape index (κ3) is 4.45. The summed E-state index contributed by atoms with van der Waals surface area (Å²) in [7, 11) is 0. The van der Waals surface area contributed by atoms with Crippen LogP contribution in [0.2, 0.25) is 0 Å². The molecular weight excluding hydrogens is 312 g/mol. The van der Waals surface area contributed by atoms with Crippen LogP contribution < -0.4 is 10.6 Å². The summed E-state index contributed by atoms with van der Waals surface area (Å²) in [6, 6.07) is 9.63. The van der Waals surface area contributed by atoms with Gasteiger partial charge in [-0.3, -0.25) is 0 Å². The van der Waals surface area contributed by atoms with Crippen molar-refractivity contribution in [2.45, 2.75) is 19.1 Å². The summed E-state index contributed by atoms with van der Waals surface area (Å²) >= 11 is 0. The Hall–Kier alpha value is -2.57. The molecule has 122 valence electrons.